The normalized spacial score (nSPS) is 15.5. The third-order valence-electron chi connectivity index (χ3n) is 4.62. The molecule has 1 aliphatic rings. The van der Waals surface area contributed by atoms with Crippen molar-refractivity contribution in [3.05, 3.63) is 76.5 Å². The molecule has 6 nitrogen and oxygen atoms in total. The van der Waals surface area contributed by atoms with Crippen LogP contribution in [0.5, 0.6) is 11.5 Å². The van der Waals surface area contributed by atoms with Gasteiger partial charge in [-0.3, -0.25) is 4.79 Å². The van der Waals surface area contributed by atoms with Crippen molar-refractivity contribution in [2.24, 2.45) is 0 Å². The molecule has 154 valence electrons. The highest BCUT2D eigenvalue weighted by molar-refractivity contribution is 7.12. The highest BCUT2D eigenvalue weighted by Crippen LogP contribution is 2.20. The van der Waals surface area contributed by atoms with E-state index in [4.69, 9.17) is 14.2 Å². The van der Waals surface area contributed by atoms with E-state index in [0.29, 0.717) is 34.2 Å². The summed E-state index contributed by atoms with van der Waals surface area (Å²) < 4.78 is 16.6. The molecule has 1 amide bonds. The summed E-state index contributed by atoms with van der Waals surface area (Å²) >= 11 is 1.37. The van der Waals surface area contributed by atoms with E-state index >= 15 is 0 Å². The lowest BCUT2D eigenvalue weighted by Gasteiger charge is -2.11. The lowest BCUT2D eigenvalue weighted by molar-refractivity contribution is 0.0678. The van der Waals surface area contributed by atoms with Gasteiger partial charge in [0, 0.05) is 12.3 Å². The summed E-state index contributed by atoms with van der Waals surface area (Å²) in [5.41, 5.74) is 1.05. The highest BCUT2D eigenvalue weighted by Gasteiger charge is 2.16. The van der Waals surface area contributed by atoms with Gasteiger partial charge in [-0.2, -0.15) is 0 Å². The van der Waals surface area contributed by atoms with Crippen molar-refractivity contribution in [1.29, 1.82) is 0 Å². The largest absolute Gasteiger partial charge is 0.491 e. The number of thiophene rings is 1. The number of hydrogen-bond donors (Lipinski definition) is 1. The molecule has 30 heavy (non-hydrogen) atoms. The molecule has 0 saturated carbocycles. The average Bonchev–Trinajstić information content (AvgIpc) is 3.48. The molecular weight excluding hydrogens is 402 g/mol. The molecule has 4 rings (SSSR count). The van der Waals surface area contributed by atoms with Gasteiger partial charge in [0.05, 0.1) is 16.5 Å². The van der Waals surface area contributed by atoms with Gasteiger partial charge in [0.15, 0.2) is 0 Å². The van der Waals surface area contributed by atoms with Crippen LogP contribution in [0.3, 0.4) is 0 Å². The number of hydrogen-bond acceptors (Lipinski definition) is 6. The standard InChI is InChI=1S/C23H21NO5S/c25-22(21-4-2-14-30-21)24-17-7-11-19(12-8-17)29-23(26)16-5-9-18(10-6-16)28-15-20-3-1-13-27-20/h2,4-12,14,20H,1,3,13,15H2,(H,24,25)/t20-/m0/s1. The number of rotatable bonds is 7. The summed E-state index contributed by atoms with van der Waals surface area (Å²) in [6.45, 7) is 1.31. The highest BCUT2D eigenvalue weighted by atomic mass is 32.1. The number of nitrogens with one attached hydrogen (secondary N) is 1. The Balaban J connectivity index is 1.29. The van der Waals surface area contributed by atoms with Crippen LogP contribution >= 0.6 is 11.3 Å². The minimum Gasteiger partial charge on any atom is -0.491 e. The SMILES string of the molecule is O=C(Oc1ccc(NC(=O)c2cccs2)cc1)c1ccc(OC[C@@H]2CCCO2)cc1. The summed E-state index contributed by atoms with van der Waals surface area (Å²) in [6, 6.07) is 17.1. The predicted octanol–water partition coefficient (Wildman–Crippen LogP) is 4.78. The number of carbonyl (C=O) groups is 2. The maximum atomic E-state index is 12.4. The Morgan fingerprint density at radius 2 is 1.80 bits per heavy atom. The quantitative estimate of drug-likeness (QED) is 0.437. The first-order chi connectivity index (χ1) is 14.7. The second-order valence-corrected chi connectivity index (χ2v) is 7.76. The van der Waals surface area contributed by atoms with Crippen LogP contribution in [0.25, 0.3) is 0 Å². The van der Waals surface area contributed by atoms with Crippen LogP contribution in [-0.4, -0.2) is 31.2 Å². The first-order valence-corrected chi connectivity index (χ1v) is 10.6. The molecule has 1 saturated heterocycles. The van der Waals surface area contributed by atoms with Crippen LogP contribution in [0, 0.1) is 0 Å². The number of esters is 1. The van der Waals surface area contributed by atoms with Gasteiger partial charge in [0.25, 0.3) is 5.91 Å². The zero-order valence-electron chi connectivity index (χ0n) is 16.2. The van der Waals surface area contributed by atoms with Crippen molar-refractivity contribution < 1.29 is 23.8 Å². The van der Waals surface area contributed by atoms with Crippen molar-refractivity contribution in [1.82, 2.24) is 0 Å². The van der Waals surface area contributed by atoms with Gasteiger partial charge in [-0.15, -0.1) is 11.3 Å². The third kappa shape index (κ3) is 5.25. The fraction of sp³-hybridized carbons (Fsp3) is 0.217. The number of amides is 1. The Morgan fingerprint density at radius 3 is 2.47 bits per heavy atom. The third-order valence-corrected chi connectivity index (χ3v) is 5.49. The topological polar surface area (TPSA) is 73.9 Å². The van der Waals surface area contributed by atoms with Gasteiger partial charge in [0.1, 0.15) is 18.1 Å². The molecule has 1 aromatic heterocycles. The van der Waals surface area contributed by atoms with E-state index < -0.39 is 5.97 Å². The molecular formula is C23H21NO5S. The van der Waals surface area contributed by atoms with Gasteiger partial charge in [-0.25, -0.2) is 4.79 Å². The minimum absolute atomic E-state index is 0.146. The summed E-state index contributed by atoms with van der Waals surface area (Å²) in [6.07, 6.45) is 2.23. The second-order valence-electron chi connectivity index (χ2n) is 6.82. The first-order valence-electron chi connectivity index (χ1n) is 9.69. The van der Waals surface area contributed by atoms with Crippen molar-refractivity contribution in [3.63, 3.8) is 0 Å². The second kappa shape index (κ2) is 9.56. The molecule has 7 heteroatoms. The van der Waals surface area contributed by atoms with Gasteiger partial charge >= 0.3 is 5.97 Å². The van der Waals surface area contributed by atoms with Gasteiger partial charge in [-0.05, 0) is 72.8 Å². The van der Waals surface area contributed by atoms with E-state index in [1.807, 2.05) is 11.4 Å². The summed E-state index contributed by atoms with van der Waals surface area (Å²) in [5, 5.41) is 4.65. The van der Waals surface area contributed by atoms with Crippen LogP contribution in [0.15, 0.2) is 66.0 Å². The molecule has 2 aromatic carbocycles. The van der Waals surface area contributed by atoms with Crippen molar-refractivity contribution in [2.45, 2.75) is 18.9 Å². The maximum Gasteiger partial charge on any atom is 0.343 e. The Labute approximate surface area is 178 Å². The Bertz CT molecular complexity index is 977. The van der Waals surface area contributed by atoms with E-state index in [1.165, 1.54) is 11.3 Å². The van der Waals surface area contributed by atoms with Crippen molar-refractivity contribution in [2.75, 3.05) is 18.5 Å². The van der Waals surface area contributed by atoms with E-state index in [0.717, 1.165) is 19.4 Å². The molecule has 1 atom stereocenters. The van der Waals surface area contributed by atoms with Crippen molar-refractivity contribution in [3.8, 4) is 11.5 Å². The van der Waals surface area contributed by atoms with Crippen LogP contribution < -0.4 is 14.8 Å². The van der Waals surface area contributed by atoms with Crippen LogP contribution in [0.1, 0.15) is 32.9 Å². The number of carbonyl (C=O) groups excluding carboxylic acids is 2. The molecule has 1 fully saturated rings. The molecule has 1 N–H and O–H groups in total. The minimum atomic E-state index is -0.462. The Kier molecular flexibility index (Phi) is 6.41. The van der Waals surface area contributed by atoms with Gasteiger partial charge < -0.3 is 19.5 Å². The predicted molar refractivity (Wildman–Crippen MR) is 115 cm³/mol. The number of anilines is 1. The fourth-order valence-electron chi connectivity index (χ4n) is 3.02. The van der Waals surface area contributed by atoms with Crippen LogP contribution in [0.2, 0.25) is 0 Å². The van der Waals surface area contributed by atoms with Crippen molar-refractivity contribution >= 4 is 28.9 Å². The monoisotopic (exact) mass is 423 g/mol. The number of benzene rings is 2. The molecule has 1 aliphatic heterocycles. The lowest BCUT2D eigenvalue weighted by atomic mass is 10.2. The lowest BCUT2D eigenvalue weighted by Crippen LogP contribution is -2.16. The van der Waals surface area contributed by atoms with E-state index in [-0.39, 0.29) is 12.0 Å². The molecule has 0 spiro atoms. The smallest absolute Gasteiger partial charge is 0.343 e. The molecule has 2 heterocycles. The zero-order chi connectivity index (χ0) is 20.8. The Hall–Kier alpha value is -3.16. The van der Waals surface area contributed by atoms with E-state index in [2.05, 4.69) is 5.32 Å². The fourth-order valence-corrected chi connectivity index (χ4v) is 3.64. The molecule has 0 radical (unpaired) electrons. The Morgan fingerprint density at radius 1 is 1.03 bits per heavy atom. The maximum absolute atomic E-state index is 12.4. The summed E-state index contributed by atoms with van der Waals surface area (Å²) in [5.74, 6) is 0.452. The molecule has 0 unspecified atom stereocenters. The zero-order valence-corrected chi connectivity index (χ0v) is 17.0. The number of ether oxygens (including phenoxy) is 3. The van der Waals surface area contributed by atoms with Crippen LogP contribution in [-0.2, 0) is 4.74 Å². The van der Waals surface area contributed by atoms with Gasteiger partial charge in [0.2, 0.25) is 0 Å². The molecule has 3 aromatic rings. The summed E-state index contributed by atoms with van der Waals surface area (Å²) in [7, 11) is 0. The summed E-state index contributed by atoms with van der Waals surface area (Å²) in [4.78, 5) is 25.1. The molecule has 0 aliphatic carbocycles. The van der Waals surface area contributed by atoms with E-state index in [1.54, 1.807) is 54.6 Å². The van der Waals surface area contributed by atoms with E-state index in [9.17, 15) is 9.59 Å². The first kappa shape index (κ1) is 20.1. The average molecular weight is 423 g/mol. The molecule has 0 bridgehead atoms. The van der Waals surface area contributed by atoms with Gasteiger partial charge in [-0.1, -0.05) is 6.07 Å². The van der Waals surface area contributed by atoms with Crippen LogP contribution in [0.4, 0.5) is 5.69 Å².